The summed E-state index contributed by atoms with van der Waals surface area (Å²) in [5.74, 6) is 1.82. The molecule has 1 heterocycles. The minimum absolute atomic E-state index is 0.0265. The maximum absolute atomic E-state index is 11.0. The Balaban J connectivity index is 1.76. The third-order valence-electron chi connectivity index (χ3n) is 7.40. The summed E-state index contributed by atoms with van der Waals surface area (Å²) in [7, 11) is 1.63. The predicted octanol–water partition coefficient (Wildman–Crippen LogP) is 8.26. The first-order valence-electron chi connectivity index (χ1n) is 12.6. The van der Waals surface area contributed by atoms with Crippen LogP contribution in [0.4, 0.5) is 0 Å². The second-order valence-corrected chi connectivity index (χ2v) is 10.1. The quantitative estimate of drug-likeness (QED) is 0.180. The standard InChI is InChI=1S/C33H32O5/c1-18(14-19(2)33(36)21(4)20(3)17-37-5)30-31-26-10-8-24(34)15-22(26)6-12-28(31)38-29-13-7-23-16-25(35)9-11-27(23)32(29)30/h6-16,20,30,34-36H,4,17H2,1-3,5H3/b18-14+,33-19+/t20-/m0/s1. The lowest BCUT2D eigenvalue weighted by Gasteiger charge is -2.31. The molecule has 4 aromatic rings. The van der Waals surface area contributed by atoms with Gasteiger partial charge in [0.05, 0.1) is 6.61 Å². The van der Waals surface area contributed by atoms with E-state index in [0.29, 0.717) is 17.8 Å². The zero-order chi connectivity index (χ0) is 27.1. The van der Waals surface area contributed by atoms with Gasteiger partial charge >= 0.3 is 0 Å². The average Bonchev–Trinajstić information content (AvgIpc) is 2.90. The van der Waals surface area contributed by atoms with Crippen molar-refractivity contribution in [1.82, 2.24) is 0 Å². The summed E-state index contributed by atoms with van der Waals surface area (Å²) in [5.41, 5.74) is 4.32. The number of hydrogen-bond acceptors (Lipinski definition) is 5. The first kappa shape index (κ1) is 25.4. The van der Waals surface area contributed by atoms with E-state index in [4.69, 9.17) is 9.47 Å². The average molecular weight is 509 g/mol. The normalized spacial score (nSPS) is 15.0. The number of phenols is 2. The Morgan fingerprint density at radius 2 is 1.45 bits per heavy atom. The molecule has 0 bridgehead atoms. The molecule has 1 aliphatic heterocycles. The lowest BCUT2D eigenvalue weighted by Crippen LogP contribution is -2.13. The van der Waals surface area contributed by atoms with Crippen molar-refractivity contribution in [2.24, 2.45) is 5.92 Å². The fraction of sp³-hybridized carbons (Fsp3) is 0.212. The summed E-state index contributed by atoms with van der Waals surface area (Å²) in [6.07, 6.45) is 2.00. The smallest absolute Gasteiger partial charge is 0.132 e. The maximum atomic E-state index is 11.0. The monoisotopic (exact) mass is 508 g/mol. The molecule has 1 atom stereocenters. The molecule has 0 amide bonds. The summed E-state index contributed by atoms with van der Waals surface area (Å²) in [4.78, 5) is 0. The van der Waals surface area contributed by atoms with E-state index in [0.717, 1.165) is 49.7 Å². The highest BCUT2D eigenvalue weighted by molar-refractivity contribution is 5.95. The molecule has 194 valence electrons. The molecule has 0 aromatic heterocycles. The lowest BCUT2D eigenvalue weighted by atomic mass is 9.78. The largest absolute Gasteiger partial charge is 0.508 e. The Morgan fingerprint density at radius 1 is 0.921 bits per heavy atom. The minimum Gasteiger partial charge on any atom is -0.508 e. The van der Waals surface area contributed by atoms with Gasteiger partial charge in [-0.05, 0) is 82.9 Å². The van der Waals surface area contributed by atoms with Crippen LogP contribution in [0.1, 0.15) is 37.8 Å². The first-order valence-corrected chi connectivity index (χ1v) is 12.6. The molecule has 0 saturated carbocycles. The highest BCUT2D eigenvalue weighted by Crippen LogP contribution is 2.52. The van der Waals surface area contributed by atoms with Crippen molar-refractivity contribution in [1.29, 1.82) is 0 Å². The Kier molecular flexibility index (Phi) is 6.64. The third-order valence-corrected chi connectivity index (χ3v) is 7.40. The zero-order valence-electron chi connectivity index (χ0n) is 22.1. The zero-order valence-corrected chi connectivity index (χ0v) is 22.1. The number of fused-ring (bicyclic) bond motifs is 6. The van der Waals surface area contributed by atoms with E-state index in [1.807, 2.05) is 56.3 Å². The number of aromatic hydroxyl groups is 2. The summed E-state index contributed by atoms with van der Waals surface area (Å²) < 4.78 is 11.7. The van der Waals surface area contributed by atoms with Crippen LogP contribution in [-0.2, 0) is 4.74 Å². The van der Waals surface area contributed by atoms with Crippen LogP contribution < -0.4 is 4.74 Å². The second kappa shape index (κ2) is 9.92. The van der Waals surface area contributed by atoms with Crippen molar-refractivity contribution < 1.29 is 24.8 Å². The van der Waals surface area contributed by atoms with E-state index >= 15 is 0 Å². The van der Waals surface area contributed by atoms with Gasteiger partial charge in [-0.3, -0.25) is 0 Å². The van der Waals surface area contributed by atoms with Crippen molar-refractivity contribution in [2.45, 2.75) is 26.7 Å². The van der Waals surface area contributed by atoms with Crippen molar-refractivity contribution in [2.75, 3.05) is 13.7 Å². The number of methoxy groups -OCH3 is 1. The molecule has 0 radical (unpaired) electrons. The molecule has 5 rings (SSSR count). The van der Waals surface area contributed by atoms with E-state index in [-0.39, 0.29) is 29.1 Å². The van der Waals surface area contributed by atoms with E-state index in [1.54, 1.807) is 31.4 Å². The topological polar surface area (TPSA) is 79.2 Å². The molecule has 4 aromatic carbocycles. The molecule has 5 heteroatoms. The molecule has 0 saturated heterocycles. The Morgan fingerprint density at radius 3 is 1.95 bits per heavy atom. The highest BCUT2D eigenvalue weighted by atomic mass is 16.5. The van der Waals surface area contributed by atoms with Crippen molar-refractivity contribution in [3.8, 4) is 23.0 Å². The number of allylic oxidation sites excluding steroid dienone is 4. The first-order chi connectivity index (χ1) is 18.2. The van der Waals surface area contributed by atoms with Gasteiger partial charge in [0.15, 0.2) is 0 Å². The van der Waals surface area contributed by atoms with Gasteiger partial charge in [0.25, 0.3) is 0 Å². The third kappa shape index (κ3) is 4.39. The summed E-state index contributed by atoms with van der Waals surface area (Å²) in [5, 5.41) is 35.1. The lowest BCUT2D eigenvalue weighted by molar-refractivity contribution is 0.170. The van der Waals surface area contributed by atoms with E-state index in [1.165, 1.54) is 0 Å². The summed E-state index contributed by atoms with van der Waals surface area (Å²) in [6.45, 7) is 10.5. The van der Waals surface area contributed by atoms with Gasteiger partial charge in [0.1, 0.15) is 28.8 Å². The van der Waals surface area contributed by atoms with E-state index in [9.17, 15) is 15.3 Å². The molecule has 38 heavy (non-hydrogen) atoms. The number of rotatable bonds is 6. The fourth-order valence-corrected chi connectivity index (χ4v) is 5.46. The molecule has 0 unspecified atom stereocenters. The van der Waals surface area contributed by atoms with Gasteiger partial charge < -0.3 is 24.8 Å². The van der Waals surface area contributed by atoms with E-state index in [2.05, 4.69) is 13.5 Å². The molecule has 1 aliphatic rings. The van der Waals surface area contributed by atoms with Crippen molar-refractivity contribution in [3.63, 3.8) is 0 Å². The number of phenolic OH excluding ortho intramolecular Hbond substituents is 2. The number of aliphatic hydroxyl groups is 1. The van der Waals surface area contributed by atoms with Crippen LogP contribution in [0.2, 0.25) is 0 Å². The number of ether oxygens (including phenoxy) is 2. The van der Waals surface area contributed by atoms with Crippen LogP contribution in [-0.4, -0.2) is 29.0 Å². The van der Waals surface area contributed by atoms with Gasteiger partial charge in [0.2, 0.25) is 0 Å². The Hall–Kier alpha value is -4.22. The van der Waals surface area contributed by atoms with Gasteiger partial charge in [-0.25, -0.2) is 0 Å². The van der Waals surface area contributed by atoms with Crippen LogP contribution in [0.5, 0.6) is 23.0 Å². The Labute approximate surface area is 222 Å². The van der Waals surface area contributed by atoms with Gasteiger partial charge in [-0.2, -0.15) is 0 Å². The molecule has 0 fully saturated rings. The van der Waals surface area contributed by atoms with Crippen LogP contribution in [0.25, 0.3) is 21.5 Å². The maximum Gasteiger partial charge on any atom is 0.132 e. The predicted molar refractivity (Wildman–Crippen MR) is 152 cm³/mol. The van der Waals surface area contributed by atoms with Crippen molar-refractivity contribution >= 4 is 21.5 Å². The molecule has 5 nitrogen and oxygen atoms in total. The van der Waals surface area contributed by atoms with Crippen LogP contribution in [0, 0.1) is 5.92 Å². The minimum atomic E-state index is -0.206. The van der Waals surface area contributed by atoms with E-state index < -0.39 is 0 Å². The highest BCUT2D eigenvalue weighted by Gasteiger charge is 2.32. The fourth-order valence-electron chi connectivity index (χ4n) is 5.46. The van der Waals surface area contributed by atoms with Gasteiger partial charge in [-0.1, -0.05) is 49.4 Å². The number of aliphatic hydroxyl groups excluding tert-OH is 1. The molecule has 3 N–H and O–H groups in total. The van der Waals surface area contributed by atoms with Gasteiger partial charge in [-0.15, -0.1) is 0 Å². The summed E-state index contributed by atoms with van der Waals surface area (Å²) in [6, 6.07) is 18.5. The number of hydrogen-bond donors (Lipinski definition) is 3. The molecule has 0 spiro atoms. The Bertz CT molecular complexity index is 1550. The molecular formula is C33H32O5. The molecular weight excluding hydrogens is 476 g/mol. The summed E-state index contributed by atoms with van der Waals surface area (Å²) >= 11 is 0. The van der Waals surface area contributed by atoms with Crippen LogP contribution in [0.3, 0.4) is 0 Å². The number of benzene rings is 4. The SMILES string of the molecule is C=C(/C(O)=C(C)\C=C(/C)C1c2c(ccc3cc(O)ccc23)Oc2ccc3cc(O)ccc3c21)[C@@H](C)COC. The van der Waals surface area contributed by atoms with Gasteiger partial charge in [0, 0.05) is 30.1 Å². The molecule has 0 aliphatic carbocycles. The second-order valence-electron chi connectivity index (χ2n) is 10.1. The van der Waals surface area contributed by atoms with Crippen molar-refractivity contribution in [3.05, 3.63) is 107 Å². The van der Waals surface area contributed by atoms with Crippen LogP contribution in [0.15, 0.2) is 95.8 Å². The van der Waals surface area contributed by atoms with Crippen LogP contribution >= 0.6 is 0 Å².